The van der Waals surface area contributed by atoms with Gasteiger partial charge in [0.05, 0.1) is 5.56 Å². The third kappa shape index (κ3) is 5.21. The number of piperidine rings is 1. The number of carbonyl (C=O) groups is 1. The number of hydrogen-bond donors (Lipinski definition) is 1. The monoisotopic (exact) mass is 399 g/mol. The Balaban J connectivity index is 0.00000156. The number of alkyl halides is 3. The highest BCUT2D eigenvalue weighted by molar-refractivity contribution is 5.94. The molecule has 2 fully saturated rings. The van der Waals surface area contributed by atoms with E-state index in [0.29, 0.717) is 25.0 Å². The summed E-state index contributed by atoms with van der Waals surface area (Å²) in [4.78, 5) is 17.5. The summed E-state index contributed by atoms with van der Waals surface area (Å²) in [5.74, 6) is 0.358. The van der Waals surface area contributed by atoms with Crippen LogP contribution in [0, 0.1) is 5.92 Å². The van der Waals surface area contributed by atoms with Crippen LogP contribution in [-0.2, 0) is 6.18 Å². The molecule has 1 aromatic rings. The maximum Gasteiger partial charge on any atom is 0.433 e. The Morgan fingerprint density at radius 3 is 2.32 bits per heavy atom. The number of pyridine rings is 1. The van der Waals surface area contributed by atoms with E-state index in [2.05, 4.69) is 10.3 Å². The third-order valence-corrected chi connectivity index (χ3v) is 4.80. The van der Waals surface area contributed by atoms with E-state index in [0.717, 1.165) is 31.6 Å². The summed E-state index contributed by atoms with van der Waals surface area (Å²) >= 11 is 0. The molecule has 1 unspecified atom stereocenters. The maximum atomic E-state index is 12.5. The van der Waals surface area contributed by atoms with Crippen molar-refractivity contribution >= 4 is 30.7 Å². The zero-order valence-electron chi connectivity index (χ0n) is 13.6. The average molecular weight is 400 g/mol. The van der Waals surface area contributed by atoms with Gasteiger partial charge in [-0.1, -0.05) is 0 Å². The Hall–Kier alpha value is -1.05. The van der Waals surface area contributed by atoms with Gasteiger partial charge in [0, 0.05) is 25.3 Å². The Kier molecular flexibility index (Phi) is 7.96. The number of halogens is 5. The number of nitrogens with zero attached hydrogens (tertiary/aromatic N) is 2. The zero-order valence-corrected chi connectivity index (χ0v) is 15.2. The topological polar surface area (TPSA) is 45.2 Å². The number of aromatic nitrogens is 1. The van der Waals surface area contributed by atoms with Gasteiger partial charge in [-0.3, -0.25) is 9.78 Å². The maximum absolute atomic E-state index is 12.5. The van der Waals surface area contributed by atoms with Gasteiger partial charge in [0.25, 0.3) is 5.91 Å². The van der Waals surface area contributed by atoms with E-state index in [1.165, 1.54) is 18.9 Å². The van der Waals surface area contributed by atoms with Crippen LogP contribution in [0.5, 0.6) is 0 Å². The van der Waals surface area contributed by atoms with Crippen LogP contribution in [0.15, 0.2) is 18.3 Å². The molecule has 4 nitrogen and oxygen atoms in total. The van der Waals surface area contributed by atoms with Crippen molar-refractivity contribution in [3.8, 4) is 0 Å². The Labute approximate surface area is 157 Å². The van der Waals surface area contributed by atoms with Gasteiger partial charge in [0.2, 0.25) is 0 Å². The summed E-state index contributed by atoms with van der Waals surface area (Å²) in [5.41, 5.74) is -0.754. The van der Waals surface area contributed by atoms with Crippen LogP contribution in [0.3, 0.4) is 0 Å². The molecular formula is C16H22Cl2F3N3O. The molecule has 3 heterocycles. The molecule has 0 bridgehead atoms. The Bertz CT molecular complexity index is 555. The minimum atomic E-state index is -4.48. The average Bonchev–Trinajstić information content (AvgIpc) is 3.08. The Morgan fingerprint density at radius 2 is 1.84 bits per heavy atom. The predicted molar refractivity (Wildman–Crippen MR) is 93.4 cm³/mol. The van der Waals surface area contributed by atoms with Gasteiger partial charge in [-0.05, 0) is 50.3 Å². The molecule has 1 N–H and O–H groups in total. The molecule has 1 aromatic heterocycles. The summed E-state index contributed by atoms with van der Waals surface area (Å²) in [6.45, 7) is 2.38. The number of likely N-dealkylation sites (tertiary alicyclic amines) is 1. The number of amides is 1. The summed E-state index contributed by atoms with van der Waals surface area (Å²) in [5, 5.41) is 3.50. The Morgan fingerprint density at radius 1 is 1.16 bits per heavy atom. The fraction of sp³-hybridized carbons (Fsp3) is 0.625. The van der Waals surface area contributed by atoms with Gasteiger partial charge in [0.15, 0.2) is 0 Å². The smallest absolute Gasteiger partial charge is 0.339 e. The fourth-order valence-corrected chi connectivity index (χ4v) is 3.49. The van der Waals surface area contributed by atoms with Gasteiger partial charge >= 0.3 is 6.18 Å². The van der Waals surface area contributed by atoms with E-state index in [-0.39, 0.29) is 36.3 Å². The van der Waals surface area contributed by atoms with Gasteiger partial charge in [0.1, 0.15) is 5.69 Å². The van der Waals surface area contributed by atoms with Crippen molar-refractivity contribution in [3.05, 3.63) is 29.6 Å². The third-order valence-electron chi connectivity index (χ3n) is 4.80. The second-order valence-corrected chi connectivity index (χ2v) is 6.26. The van der Waals surface area contributed by atoms with E-state index in [4.69, 9.17) is 0 Å². The molecule has 25 heavy (non-hydrogen) atoms. The summed E-state index contributed by atoms with van der Waals surface area (Å²) < 4.78 is 37.5. The second-order valence-electron chi connectivity index (χ2n) is 6.26. The molecule has 0 aliphatic carbocycles. The molecule has 142 valence electrons. The molecule has 0 radical (unpaired) electrons. The lowest BCUT2D eigenvalue weighted by molar-refractivity contribution is -0.141. The normalized spacial score (nSPS) is 21.4. The first kappa shape index (κ1) is 22.0. The number of hydrogen-bond acceptors (Lipinski definition) is 3. The highest BCUT2D eigenvalue weighted by Crippen LogP contribution is 2.28. The molecule has 2 saturated heterocycles. The van der Waals surface area contributed by atoms with Crippen molar-refractivity contribution in [2.75, 3.05) is 19.6 Å². The van der Waals surface area contributed by atoms with E-state index < -0.39 is 11.9 Å². The van der Waals surface area contributed by atoms with Crippen LogP contribution in [-0.4, -0.2) is 41.5 Å². The minimum Gasteiger partial charge on any atom is -0.339 e. The lowest BCUT2D eigenvalue weighted by atomic mass is 9.88. The SMILES string of the molecule is Cl.Cl.O=C(c1ccc(C(F)(F)F)nc1)N1CCC(C2CCCN2)CC1. The summed E-state index contributed by atoms with van der Waals surface area (Å²) in [6.07, 6.45) is 0.835. The van der Waals surface area contributed by atoms with Gasteiger partial charge in [-0.2, -0.15) is 13.2 Å². The number of rotatable bonds is 2. The van der Waals surface area contributed by atoms with Crippen LogP contribution in [0.2, 0.25) is 0 Å². The highest BCUT2D eigenvalue weighted by atomic mass is 35.5. The largest absolute Gasteiger partial charge is 0.433 e. The van der Waals surface area contributed by atoms with E-state index >= 15 is 0 Å². The van der Waals surface area contributed by atoms with Crippen LogP contribution < -0.4 is 5.32 Å². The highest BCUT2D eigenvalue weighted by Gasteiger charge is 2.33. The molecular weight excluding hydrogens is 378 g/mol. The molecule has 0 spiro atoms. The second kappa shape index (κ2) is 9.05. The number of nitrogens with one attached hydrogen (secondary N) is 1. The molecule has 3 rings (SSSR count). The molecule has 1 atom stereocenters. The molecule has 2 aliphatic heterocycles. The van der Waals surface area contributed by atoms with Gasteiger partial charge in [-0.25, -0.2) is 0 Å². The lowest BCUT2D eigenvalue weighted by Gasteiger charge is -2.35. The fourth-order valence-electron chi connectivity index (χ4n) is 3.49. The standard InChI is InChI=1S/C16H20F3N3O.2ClH/c17-16(18,19)14-4-3-12(10-21-14)15(23)22-8-5-11(6-9-22)13-2-1-7-20-13;;/h3-4,10-11,13,20H,1-2,5-9H2;2*1H. The van der Waals surface area contributed by atoms with E-state index in [9.17, 15) is 18.0 Å². The van der Waals surface area contributed by atoms with Crippen molar-refractivity contribution in [3.63, 3.8) is 0 Å². The van der Waals surface area contributed by atoms with Crippen molar-refractivity contribution in [1.29, 1.82) is 0 Å². The van der Waals surface area contributed by atoms with E-state index in [1.807, 2.05) is 0 Å². The summed E-state index contributed by atoms with van der Waals surface area (Å²) in [6, 6.07) is 2.63. The first-order valence-corrected chi connectivity index (χ1v) is 8.01. The van der Waals surface area contributed by atoms with Crippen molar-refractivity contribution in [2.45, 2.75) is 37.9 Å². The van der Waals surface area contributed by atoms with Crippen LogP contribution >= 0.6 is 24.8 Å². The molecule has 0 aromatic carbocycles. The molecule has 1 amide bonds. The van der Waals surface area contributed by atoms with Crippen LogP contribution in [0.1, 0.15) is 41.7 Å². The first-order valence-electron chi connectivity index (χ1n) is 8.01. The minimum absolute atomic E-state index is 0. The summed E-state index contributed by atoms with van der Waals surface area (Å²) in [7, 11) is 0. The molecule has 0 saturated carbocycles. The molecule has 2 aliphatic rings. The van der Waals surface area contributed by atoms with Crippen molar-refractivity contribution < 1.29 is 18.0 Å². The van der Waals surface area contributed by atoms with Crippen LogP contribution in [0.25, 0.3) is 0 Å². The van der Waals surface area contributed by atoms with E-state index in [1.54, 1.807) is 4.90 Å². The van der Waals surface area contributed by atoms with Gasteiger partial charge in [-0.15, -0.1) is 24.8 Å². The lowest BCUT2D eigenvalue weighted by Crippen LogP contribution is -2.43. The quantitative estimate of drug-likeness (QED) is 0.826. The van der Waals surface area contributed by atoms with Gasteiger partial charge < -0.3 is 10.2 Å². The van der Waals surface area contributed by atoms with Crippen molar-refractivity contribution in [2.24, 2.45) is 5.92 Å². The van der Waals surface area contributed by atoms with Crippen molar-refractivity contribution in [1.82, 2.24) is 15.2 Å². The molecule has 9 heteroatoms. The van der Waals surface area contributed by atoms with Crippen LogP contribution in [0.4, 0.5) is 13.2 Å². The first-order chi connectivity index (χ1) is 10.9. The number of carbonyl (C=O) groups excluding carboxylic acids is 1. The zero-order chi connectivity index (χ0) is 16.4. The predicted octanol–water partition coefficient (Wildman–Crippen LogP) is 3.55.